The van der Waals surface area contributed by atoms with Gasteiger partial charge in [0, 0.05) is 19.3 Å². The van der Waals surface area contributed by atoms with E-state index < -0.39 is 6.10 Å². The molecule has 0 spiro atoms. The van der Waals surface area contributed by atoms with Gasteiger partial charge >= 0.3 is 17.9 Å². The Morgan fingerprint density at radius 3 is 0.783 bits per heavy atom. The summed E-state index contributed by atoms with van der Waals surface area (Å²) in [5.41, 5.74) is 0. The van der Waals surface area contributed by atoms with Gasteiger partial charge in [-0.25, -0.2) is 0 Å². The minimum Gasteiger partial charge on any atom is -0.462 e. The first-order valence-corrected chi connectivity index (χ1v) is 34.0. The summed E-state index contributed by atoms with van der Waals surface area (Å²) < 4.78 is 16.9. The van der Waals surface area contributed by atoms with Gasteiger partial charge < -0.3 is 14.2 Å². The van der Waals surface area contributed by atoms with E-state index in [4.69, 9.17) is 14.2 Å². The summed E-state index contributed by atoms with van der Waals surface area (Å²) in [5.74, 6) is -0.980. The summed E-state index contributed by atoms with van der Waals surface area (Å²) in [6.07, 6.45) is 101. The van der Waals surface area contributed by atoms with Crippen LogP contribution in [0, 0.1) is 0 Å². The average Bonchev–Trinajstić information content (AvgIpc) is 3.49. The second-order valence-electron chi connectivity index (χ2n) is 22.0. The van der Waals surface area contributed by atoms with Crippen molar-refractivity contribution in [1.29, 1.82) is 0 Å². The smallest absolute Gasteiger partial charge is 0.306 e. The molecule has 0 aliphatic rings. The summed E-state index contributed by atoms with van der Waals surface area (Å²) in [7, 11) is 0. The highest BCUT2D eigenvalue weighted by Gasteiger charge is 2.19. The topological polar surface area (TPSA) is 78.9 Å². The molecular weight excluding hydrogens is 1020 g/mol. The van der Waals surface area contributed by atoms with Crippen molar-refractivity contribution in [3.63, 3.8) is 0 Å². The molecule has 0 amide bonds. The van der Waals surface area contributed by atoms with Crippen molar-refractivity contribution in [2.45, 2.75) is 297 Å². The Balaban J connectivity index is 4.41. The summed E-state index contributed by atoms with van der Waals surface area (Å²) in [5, 5.41) is 0. The van der Waals surface area contributed by atoms with Crippen LogP contribution in [0.4, 0.5) is 0 Å². The zero-order valence-electron chi connectivity index (χ0n) is 53.7. The largest absolute Gasteiger partial charge is 0.462 e. The Bertz CT molecular complexity index is 1840. The van der Waals surface area contributed by atoms with Crippen molar-refractivity contribution in [2.24, 2.45) is 0 Å². The normalized spacial score (nSPS) is 13.1. The number of carbonyl (C=O) groups excluding carboxylic acids is 3. The van der Waals surface area contributed by atoms with Gasteiger partial charge in [-0.15, -0.1) is 0 Å². The summed E-state index contributed by atoms with van der Waals surface area (Å²) in [6.45, 7) is 6.33. The molecule has 0 N–H and O–H groups in total. The molecule has 0 heterocycles. The van der Waals surface area contributed by atoms with E-state index in [0.717, 1.165) is 135 Å². The van der Waals surface area contributed by atoms with E-state index in [1.165, 1.54) is 109 Å². The maximum Gasteiger partial charge on any atom is 0.306 e. The van der Waals surface area contributed by atoms with Crippen molar-refractivity contribution >= 4 is 17.9 Å². The maximum absolute atomic E-state index is 12.9. The van der Waals surface area contributed by atoms with Gasteiger partial charge in [0.05, 0.1) is 0 Å². The van der Waals surface area contributed by atoms with E-state index in [9.17, 15) is 14.4 Å². The Kier molecular flexibility index (Phi) is 65.4. The Labute approximate surface area is 511 Å². The first-order chi connectivity index (χ1) is 41.0. The van der Waals surface area contributed by atoms with E-state index in [0.29, 0.717) is 19.3 Å². The lowest BCUT2D eigenvalue weighted by Gasteiger charge is -2.18. The second-order valence-corrected chi connectivity index (χ2v) is 22.0. The molecule has 1 atom stereocenters. The Hall–Kier alpha value is -4.97. The van der Waals surface area contributed by atoms with Crippen LogP contribution >= 0.6 is 0 Å². The molecule has 0 bridgehead atoms. The molecule has 468 valence electrons. The first-order valence-electron chi connectivity index (χ1n) is 34.0. The lowest BCUT2D eigenvalue weighted by Crippen LogP contribution is -2.30. The lowest BCUT2D eigenvalue weighted by molar-refractivity contribution is -0.167. The zero-order valence-corrected chi connectivity index (χ0v) is 53.7. The van der Waals surface area contributed by atoms with Crippen molar-refractivity contribution in [3.05, 3.63) is 158 Å². The van der Waals surface area contributed by atoms with Gasteiger partial charge in [0.15, 0.2) is 6.10 Å². The van der Waals surface area contributed by atoms with Crippen LogP contribution in [0.3, 0.4) is 0 Å². The average molecular weight is 1150 g/mol. The molecule has 0 aromatic carbocycles. The van der Waals surface area contributed by atoms with Gasteiger partial charge in [0.2, 0.25) is 0 Å². The summed E-state index contributed by atoms with van der Waals surface area (Å²) in [6, 6.07) is 0. The fourth-order valence-corrected chi connectivity index (χ4v) is 8.98. The lowest BCUT2D eigenvalue weighted by atomic mass is 10.0. The van der Waals surface area contributed by atoms with Crippen LogP contribution in [0.25, 0.3) is 0 Å². The van der Waals surface area contributed by atoms with Crippen molar-refractivity contribution in [1.82, 2.24) is 0 Å². The first kappa shape index (κ1) is 78.0. The number of allylic oxidation sites excluding steroid dienone is 26. The van der Waals surface area contributed by atoms with Gasteiger partial charge in [-0.2, -0.15) is 0 Å². The molecule has 6 heteroatoms. The highest BCUT2D eigenvalue weighted by Crippen LogP contribution is 2.16. The van der Waals surface area contributed by atoms with Gasteiger partial charge in [0.1, 0.15) is 13.2 Å². The number of esters is 3. The summed E-state index contributed by atoms with van der Waals surface area (Å²) in [4.78, 5) is 38.4. The monoisotopic (exact) mass is 1140 g/mol. The van der Waals surface area contributed by atoms with E-state index in [1.807, 2.05) is 0 Å². The fraction of sp³-hybridized carbons (Fsp3) is 0.623. The second kappa shape index (κ2) is 69.5. The van der Waals surface area contributed by atoms with Gasteiger partial charge in [-0.3, -0.25) is 14.4 Å². The van der Waals surface area contributed by atoms with Gasteiger partial charge in [0.25, 0.3) is 0 Å². The number of hydrogen-bond donors (Lipinski definition) is 0. The van der Waals surface area contributed by atoms with Crippen LogP contribution in [0.5, 0.6) is 0 Å². The fourth-order valence-electron chi connectivity index (χ4n) is 8.98. The molecule has 0 saturated carbocycles. The minimum atomic E-state index is -0.817. The molecule has 0 aliphatic carbocycles. The molecule has 83 heavy (non-hydrogen) atoms. The molecule has 0 aromatic rings. The highest BCUT2D eigenvalue weighted by molar-refractivity contribution is 5.71. The minimum absolute atomic E-state index is 0.107. The van der Waals surface area contributed by atoms with Crippen LogP contribution in [0.15, 0.2) is 158 Å². The van der Waals surface area contributed by atoms with Crippen LogP contribution in [-0.4, -0.2) is 37.2 Å². The van der Waals surface area contributed by atoms with Crippen molar-refractivity contribution in [3.8, 4) is 0 Å². The third kappa shape index (κ3) is 67.7. The van der Waals surface area contributed by atoms with Crippen LogP contribution in [-0.2, 0) is 28.6 Å². The van der Waals surface area contributed by atoms with Crippen LogP contribution in [0.2, 0.25) is 0 Å². The van der Waals surface area contributed by atoms with Crippen molar-refractivity contribution < 1.29 is 28.6 Å². The molecular formula is C77H124O6. The molecule has 6 nitrogen and oxygen atoms in total. The summed E-state index contributed by atoms with van der Waals surface area (Å²) >= 11 is 0. The quantitative estimate of drug-likeness (QED) is 0.0261. The Morgan fingerprint density at radius 1 is 0.253 bits per heavy atom. The predicted molar refractivity (Wildman–Crippen MR) is 362 cm³/mol. The SMILES string of the molecule is CC/C=C\C/C=C\C/C=C\C/C=C\C/C=C\CCCCCCCCCCCCCCCC(=O)OCC(COC(=O)CCC/C=C\C/C=C\C/C=C\C/C=C\C/C=C\CC)OC(=O)CCCCCCCC/C=C\C/C=C\C/C=C\CCCCC. The standard InChI is InChI=1S/C77H124O6/c1-4-7-10-13-16-19-22-25-28-31-33-34-35-36-37-38-39-40-41-42-44-46-49-52-55-58-61-64-67-70-76(79)82-73-74(72-81-75(78)69-66-63-60-57-54-51-48-45-30-27-24-21-18-15-12-9-6-3)83-77(80)71-68-65-62-59-56-53-50-47-43-32-29-26-23-20-17-14-11-8-5-2/h7,9-10,12,16-21,25-30,33-34,36-37,43,47-48,51,57,60,74H,4-6,8,11,13-15,22-24,31-32,35,38-42,44-46,49-50,52-56,58-59,61-73H2,1-3H3/b10-7-,12-9-,19-16-,20-17-,21-18-,28-25-,29-26-,30-27-,34-33-,37-36-,47-43-,51-48-,60-57-. The van der Waals surface area contributed by atoms with Gasteiger partial charge in [-0.05, 0) is 141 Å². The molecule has 1 unspecified atom stereocenters. The number of carbonyl (C=O) groups is 3. The molecule has 0 fully saturated rings. The molecule has 0 radical (unpaired) electrons. The van der Waals surface area contributed by atoms with E-state index in [-0.39, 0.29) is 37.5 Å². The van der Waals surface area contributed by atoms with Crippen molar-refractivity contribution in [2.75, 3.05) is 13.2 Å². The van der Waals surface area contributed by atoms with E-state index in [2.05, 4.69) is 179 Å². The molecule has 0 aromatic heterocycles. The number of hydrogen-bond acceptors (Lipinski definition) is 6. The highest BCUT2D eigenvalue weighted by atomic mass is 16.6. The third-order valence-electron chi connectivity index (χ3n) is 14.0. The molecule has 0 aliphatic heterocycles. The molecule has 0 rings (SSSR count). The third-order valence-corrected chi connectivity index (χ3v) is 14.0. The van der Waals surface area contributed by atoms with Crippen LogP contribution in [0.1, 0.15) is 290 Å². The van der Waals surface area contributed by atoms with Gasteiger partial charge in [-0.1, -0.05) is 288 Å². The Morgan fingerprint density at radius 2 is 0.482 bits per heavy atom. The number of ether oxygens (including phenoxy) is 3. The van der Waals surface area contributed by atoms with E-state index in [1.54, 1.807) is 0 Å². The van der Waals surface area contributed by atoms with E-state index >= 15 is 0 Å². The number of unbranched alkanes of at least 4 members (excludes halogenated alkanes) is 23. The molecule has 0 saturated heterocycles. The maximum atomic E-state index is 12.9. The predicted octanol–water partition coefficient (Wildman–Crippen LogP) is 23.7. The number of rotatable bonds is 60. The zero-order chi connectivity index (χ0) is 59.9. The van der Waals surface area contributed by atoms with Crippen LogP contribution < -0.4 is 0 Å².